The van der Waals surface area contributed by atoms with Gasteiger partial charge in [0.25, 0.3) is 0 Å². The summed E-state index contributed by atoms with van der Waals surface area (Å²) in [5, 5.41) is 0. The second kappa shape index (κ2) is 8.78. The average Bonchev–Trinajstić information content (AvgIpc) is 3.23. The standard InChI is InChI=1S/C22H23BrN4O2/c1-26(15-19-8-9-20(29-19)16-4-6-18(23)7-5-16)22(28)17-3-2-12-27(14-17)21-13-24-10-11-25-21/h4-11,13,17H,2-3,12,14-15H2,1H3. The van der Waals surface area contributed by atoms with E-state index in [1.54, 1.807) is 23.5 Å². The molecule has 4 rings (SSSR count). The van der Waals surface area contributed by atoms with Crippen LogP contribution in [0.3, 0.4) is 0 Å². The Kier molecular flexibility index (Phi) is 5.94. The summed E-state index contributed by atoms with van der Waals surface area (Å²) in [6, 6.07) is 11.9. The zero-order valence-corrected chi connectivity index (χ0v) is 17.9. The maximum Gasteiger partial charge on any atom is 0.227 e. The average molecular weight is 455 g/mol. The lowest BCUT2D eigenvalue weighted by Crippen LogP contribution is -2.43. The third-order valence-corrected chi connectivity index (χ3v) is 5.73. The Balaban J connectivity index is 1.39. The second-order valence-corrected chi connectivity index (χ2v) is 8.23. The highest BCUT2D eigenvalue weighted by Crippen LogP contribution is 2.26. The summed E-state index contributed by atoms with van der Waals surface area (Å²) in [6.45, 7) is 2.03. The Morgan fingerprint density at radius 2 is 2.07 bits per heavy atom. The van der Waals surface area contributed by atoms with Gasteiger partial charge in [0, 0.05) is 42.6 Å². The predicted octanol–water partition coefficient (Wildman–Crippen LogP) is 4.37. The molecule has 0 N–H and O–H groups in total. The lowest BCUT2D eigenvalue weighted by Gasteiger charge is -2.34. The number of rotatable bonds is 5. The van der Waals surface area contributed by atoms with Gasteiger partial charge >= 0.3 is 0 Å². The molecule has 29 heavy (non-hydrogen) atoms. The highest BCUT2D eigenvalue weighted by molar-refractivity contribution is 9.10. The summed E-state index contributed by atoms with van der Waals surface area (Å²) in [5.74, 6) is 2.51. The molecule has 150 valence electrons. The number of aromatic nitrogens is 2. The fraction of sp³-hybridized carbons (Fsp3) is 0.318. The van der Waals surface area contributed by atoms with E-state index in [-0.39, 0.29) is 11.8 Å². The largest absolute Gasteiger partial charge is 0.459 e. The van der Waals surface area contributed by atoms with Crippen LogP contribution in [0.5, 0.6) is 0 Å². The number of furan rings is 1. The Morgan fingerprint density at radius 1 is 1.24 bits per heavy atom. The Labute approximate surface area is 178 Å². The first kappa shape index (κ1) is 19.6. The number of benzene rings is 1. The summed E-state index contributed by atoms with van der Waals surface area (Å²) in [7, 11) is 1.84. The van der Waals surface area contributed by atoms with Crippen LogP contribution in [0.15, 0.2) is 63.9 Å². The van der Waals surface area contributed by atoms with Crippen LogP contribution < -0.4 is 4.90 Å². The van der Waals surface area contributed by atoms with Crippen LogP contribution >= 0.6 is 15.9 Å². The SMILES string of the molecule is CN(Cc1ccc(-c2ccc(Br)cc2)o1)C(=O)C1CCCN(c2cnccn2)C1. The van der Waals surface area contributed by atoms with Crippen molar-refractivity contribution in [3.8, 4) is 11.3 Å². The smallest absolute Gasteiger partial charge is 0.227 e. The molecule has 3 heterocycles. The number of halogens is 1. The van der Waals surface area contributed by atoms with Crippen LogP contribution in [0.4, 0.5) is 5.82 Å². The minimum Gasteiger partial charge on any atom is -0.459 e. The lowest BCUT2D eigenvalue weighted by atomic mass is 9.96. The number of anilines is 1. The second-order valence-electron chi connectivity index (χ2n) is 7.32. The topological polar surface area (TPSA) is 62.5 Å². The van der Waals surface area contributed by atoms with E-state index in [4.69, 9.17) is 4.42 Å². The molecule has 6 nitrogen and oxygen atoms in total. The number of hydrogen-bond acceptors (Lipinski definition) is 5. The van der Waals surface area contributed by atoms with E-state index in [0.29, 0.717) is 13.1 Å². The predicted molar refractivity (Wildman–Crippen MR) is 115 cm³/mol. The molecule has 1 aliphatic heterocycles. The maximum atomic E-state index is 13.0. The van der Waals surface area contributed by atoms with Crippen LogP contribution in [0.2, 0.25) is 0 Å². The number of carbonyl (C=O) groups is 1. The monoisotopic (exact) mass is 454 g/mol. The molecule has 0 saturated carbocycles. The number of amides is 1. The van der Waals surface area contributed by atoms with Gasteiger partial charge in [-0.05, 0) is 37.1 Å². The van der Waals surface area contributed by atoms with Crippen molar-refractivity contribution < 1.29 is 9.21 Å². The third kappa shape index (κ3) is 4.67. The van der Waals surface area contributed by atoms with E-state index >= 15 is 0 Å². The molecule has 0 aliphatic carbocycles. The summed E-state index contributed by atoms with van der Waals surface area (Å²) in [4.78, 5) is 25.4. The van der Waals surface area contributed by atoms with Crippen LogP contribution in [0.1, 0.15) is 18.6 Å². The van der Waals surface area contributed by atoms with E-state index in [1.165, 1.54) is 0 Å². The lowest BCUT2D eigenvalue weighted by molar-refractivity contribution is -0.135. The summed E-state index contributed by atoms with van der Waals surface area (Å²) in [6.07, 6.45) is 6.96. The molecule has 1 fully saturated rings. The van der Waals surface area contributed by atoms with Gasteiger partial charge < -0.3 is 14.2 Å². The van der Waals surface area contributed by atoms with Crippen molar-refractivity contribution in [3.05, 3.63) is 65.2 Å². The van der Waals surface area contributed by atoms with Gasteiger partial charge in [-0.25, -0.2) is 4.98 Å². The first-order chi connectivity index (χ1) is 14.1. The molecular formula is C22H23BrN4O2. The fourth-order valence-electron chi connectivity index (χ4n) is 3.70. The summed E-state index contributed by atoms with van der Waals surface area (Å²) in [5.41, 5.74) is 1.01. The van der Waals surface area contributed by atoms with Gasteiger partial charge in [-0.15, -0.1) is 0 Å². The highest BCUT2D eigenvalue weighted by atomic mass is 79.9. The van der Waals surface area contributed by atoms with Crippen LogP contribution in [-0.4, -0.2) is 40.9 Å². The highest BCUT2D eigenvalue weighted by Gasteiger charge is 2.29. The minimum absolute atomic E-state index is 0.0448. The molecule has 0 spiro atoms. The first-order valence-corrected chi connectivity index (χ1v) is 10.5. The van der Waals surface area contributed by atoms with Gasteiger partial charge in [0.1, 0.15) is 17.3 Å². The van der Waals surface area contributed by atoms with Crippen molar-refractivity contribution in [2.24, 2.45) is 5.92 Å². The number of hydrogen-bond donors (Lipinski definition) is 0. The molecule has 1 unspecified atom stereocenters. The van der Waals surface area contributed by atoms with Gasteiger partial charge in [0.2, 0.25) is 5.91 Å². The van der Waals surface area contributed by atoms with Gasteiger partial charge in [0.05, 0.1) is 18.7 Å². The summed E-state index contributed by atoms with van der Waals surface area (Å²) >= 11 is 3.44. The number of nitrogens with zero attached hydrogens (tertiary/aromatic N) is 4. The van der Waals surface area contributed by atoms with Crippen molar-refractivity contribution in [3.63, 3.8) is 0 Å². The van der Waals surface area contributed by atoms with Crippen molar-refractivity contribution in [1.29, 1.82) is 0 Å². The van der Waals surface area contributed by atoms with Crippen molar-refractivity contribution >= 4 is 27.7 Å². The van der Waals surface area contributed by atoms with Gasteiger partial charge in [0.15, 0.2) is 0 Å². The molecule has 1 aliphatic rings. The molecule has 7 heteroatoms. The fourth-order valence-corrected chi connectivity index (χ4v) is 3.96. The molecule has 3 aromatic rings. The van der Waals surface area contributed by atoms with E-state index < -0.39 is 0 Å². The zero-order valence-electron chi connectivity index (χ0n) is 16.3. The number of carbonyl (C=O) groups excluding carboxylic acids is 1. The maximum absolute atomic E-state index is 13.0. The van der Waals surface area contributed by atoms with E-state index in [9.17, 15) is 4.79 Å². The van der Waals surface area contributed by atoms with Gasteiger partial charge in [-0.2, -0.15) is 0 Å². The Bertz CT molecular complexity index is 958. The first-order valence-electron chi connectivity index (χ1n) is 9.71. The zero-order chi connectivity index (χ0) is 20.2. The molecule has 0 bridgehead atoms. The summed E-state index contributed by atoms with van der Waals surface area (Å²) < 4.78 is 7.00. The van der Waals surface area contributed by atoms with Crippen LogP contribution in [0, 0.1) is 5.92 Å². The van der Waals surface area contributed by atoms with Crippen LogP contribution in [-0.2, 0) is 11.3 Å². The minimum atomic E-state index is -0.0448. The van der Waals surface area contributed by atoms with Crippen molar-refractivity contribution in [2.75, 3.05) is 25.0 Å². The normalized spacial score (nSPS) is 16.6. The molecule has 1 amide bonds. The van der Waals surface area contributed by atoms with Crippen molar-refractivity contribution in [2.45, 2.75) is 19.4 Å². The van der Waals surface area contributed by atoms with Crippen LogP contribution in [0.25, 0.3) is 11.3 Å². The molecule has 1 aromatic carbocycles. The Morgan fingerprint density at radius 3 is 2.83 bits per heavy atom. The number of piperidine rings is 1. The molecule has 1 atom stereocenters. The molecule has 1 saturated heterocycles. The van der Waals surface area contributed by atoms with Gasteiger partial charge in [-0.1, -0.05) is 28.1 Å². The third-order valence-electron chi connectivity index (χ3n) is 5.20. The molecule has 2 aromatic heterocycles. The van der Waals surface area contributed by atoms with Crippen molar-refractivity contribution in [1.82, 2.24) is 14.9 Å². The van der Waals surface area contributed by atoms with Gasteiger partial charge in [-0.3, -0.25) is 9.78 Å². The van der Waals surface area contributed by atoms with E-state index in [1.807, 2.05) is 43.4 Å². The quantitative estimate of drug-likeness (QED) is 0.572. The van der Waals surface area contributed by atoms with E-state index in [0.717, 1.165) is 46.8 Å². The molecule has 0 radical (unpaired) electrons. The Hall–Kier alpha value is -2.67. The molecular weight excluding hydrogens is 432 g/mol. The van der Waals surface area contributed by atoms with E-state index in [2.05, 4.69) is 30.8 Å².